The Morgan fingerprint density at radius 3 is 2.55 bits per heavy atom. The van der Waals surface area contributed by atoms with E-state index in [-0.39, 0.29) is 0 Å². The lowest BCUT2D eigenvalue weighted by Crippen LogP contribution is -2.00. The first-order valence-electron chi connectivity index (χ1n) is 10.9. The maximum absolute atomic E-state index is 5.63. The van der Waals surface area contributed by atoms with Crippen molar-refractivity contribution in [2.24, 2.45) is 0 Å². The van der Waals surface area contributed by atoms with Gasteiger partial charge in [-0.15, -0.1) is 10.2 Å². The number of hydrogen-bond acceptors (Lipinski definition) is 4. The van der Waals surface area contributed by atoms with E-state index in [0.29, 0.717) is 6.61 Å². The number of para-hydroxylation sites is 1. The molecule has 0 aliphatic heterocycles. The summed E-state index contributed by atoms with van der Waals surface area (Å²) in [6, 6.07) is 26.6. The smallest absolute Gasteiger partial charge is 0.196 e. The van der Waals surface area contributed by atoms with E-state index in [1.54, 1.807) is 11.8 Å². The molecule has 2 aromatic heterocycles. The standard InChI is InChI=1S/C27H24N4OS/c1-2-32-22-16-14-21(15-17-22)31-26(24-19-28-25-13-7-6-12-23(24)25)29-30-27(31)33-18-8-11-20-9-4-3-5-10-20/h3-17,19,28H,2,18H2,1H3/b11-8+. The second-order valence-electron chi connectivity index (χ2n) is 7.44. The van der Waals surface area contributed by atoms with Crippen molar-refractivity contribution in [3.8, 4) is 22.8 Å². The number of nitrogens with zero attached hydrogens (tertiary/aromatic N) is 3. The predicted octanol–water partition coefficient (Wildman–Crippen LogP) is 6.62. The van der Waals surface area contributed by atoms with Gasteiger partial charge in [-0.2, -0.15) is 0 Å². The summed E-state index contributed by atoms with van der Waals surface area (Å²) in [6.07, 6.45) is 6.29. The maximum atomic E-state index is 5.63. The molecule has 5 rings (SSSR count). The van der Waals surface area contributed by atoms with Crippen LogP contribution in [0.3, 0.4) is 0 Å². The van der Waals surface area contributed by atoms with Crippen molar-refractivity contribution in [1.29, 1.82) is 0 Å². The molecule has 5 nitrogen and oxygen atoms in total. The molecule has 0 radical (unpaired) electrons. The quantitative estimate of drug-likeness (QED) is 0.269. The van der Waals surface area contributed by atoms with Crippen LogP contribution >= 0.6 is 11.8 Å². The molecule has 0 amide bonds. The Hall–Kier alpha value is -3.77. The Bertz CT molecular complexity index is 1370. The second-order valence-corrected chi connectivity index (χ2v) is 8.43. The number of ether oxygens (including phenoxy) is 1. The molecule has 5 aromatic rings. The van der Waals surface area contributed by atoms with Crippen LogP contribution in [0.25, 0.3) is 34.1 Å². The number of nitrogens with one attached hydrogen (secondary N) is 1. The third kappa shape index (κ3) is 4.56. The van der Waals surface area contributed by atoms with Crippen LogP contribution in [0.5, 0.6) is 5.75 Å². The van der Waals surface area contributed by atoms with Gasteiger partial charge in [0.1, 0.15) is 5.75 Å². The highest BCUT2D eigenvalue weighted by atomic mass is 32.2. The first-order valence-corrected chi connectivity index (χ1v) is 11.9. The Balaban J connectivity index is 1.50. The number of aromatic nitrogens is 4. The SMILES string of the molecule is CCOc1ccc(-n2c(SC/C=C/c3ccccc3)nnc2-c2c[nH]c3ccccc23)cc1. The van der Waals surface area contributed by atoms with E-state index in [9.17, 15) is 0 Å². The molecule has 0 spiro atoms. The average molecular weight is 453 g/mol. The van der Waals surface area contributed by atoms with E-state index in [4.69, 9.17) is 4.74 Å². The number of rotatable bonds is 8. The monoisotopic (exact) mass is 452 g/mol. The van der Waals surface area contributed by atoms with E-state index >= 15 is 0 Å². The lowest BCUT2D eigenvalue weighted by Gasteiger charge is -2.11. The number of fused-ring (bicyclic) bond motifs is 1. The Morgan fingerprint density at radius 2 is 1.73 bits per heavy atom. The van der Waals surface area contributed by atoms with E-state index in [1.807, 2.05) is 55.6 Å². The van der Waals surface area contributed by atoms with Gasteiger partial charge in [-0.3, -0.25) is 4.57 Å². The van der Waals surface area contributed by atoms with Crippen LogP contribution in [0, 0.1) is 0 Å². The van der Waals surface area contributed by atoms with Crippen LogP contribution in [0.2, 0.25) is 0 Å². The van der Waals surface area contributed by atoms with E-state index in [0.717, 1.165) is 44.6 Å². The molecule has 0 unspecified atom stereocenters. The minimum absolute atomic E-state index is 0.640. The summed E-state index contributed by atoms with van der Waals surface area (Å²) in [5.41, 5.74) is 4.29. The van der Waals surface area contributed by atoms with Crippen molar-refractivity contribution in [2.45, 2.75) is 12.1 Å². The fraction of sp³-hybridized carbons (Fsp3) is 0.111. The van der Waals surface area contributed by atoms with Crippen LogP contribution in [-0.2, 0) is 0 Å². The molecule has 0 atom stereocenters. The molecule has 1 N–H and O–H groups in total. The van der Waals surface area contributed by atoms with Gasteiger partial charge in [0, 0.05) is 34.1 Å². The molecule has 0 saturated heterocycles. The summed E-state index contributed by atoms with van der Waals surface area (Å²) in [7, 11) is 0. The summed E-state index contributed by atoms with van der Waals surface area (Å²) in [6.45, 7) is 2.63. The van der Waals surface area contributed by atoms with Crippen molar-refractivity contribution in [1.82, 2.24) is 19.7 Å². The summed E-state index contributed by atoms with van der Waals surface area (Å²) < 4.78 is 7.75. The number of hydrogen-bond donors (Lipinski definition) is 1. The fourth-order valence-electron chi connectivity index (χ4n) is 3.76. The van der Waals surface area contributed by atoms with Gasteiger partial charge in [0.2, 0.25) is 0 Å². The zero-order chi connectivity index (χ0) is 22.5. The van der Waals surface area contributed by atoms with Gasteiger partial charge < -0.3 is 9.72 Å². The van der Waals surface area contributed by atoms with Gasteiger partial charge in [0.15, 0.2) is 11.0 Å². The molecule has 0 aliphatic carbocycles. The molecule has 6 heteroatoms. The van der Waals surface area contributed by atoms with Crippen molar-refractivity contribution in [3.05, 3.63) is 96.7 Å². The first-order chi connectivity index (χ1) is 16.3. The van der Waals surface area contributed by atoms with Crippen LogP contribution in [-0.4, -0.2) is 32.1 Å². The highest BCUT2D eigenvalue weighted by Crippen LogP contribution is 2.33. The summed E-state index contributed by atoms with van der Waals surface area (Å²) in [5, 5.41) is 11.1. The van der Waals surface area contributed by atoms with Crippen LogP contribution in [0.4, 0.5) is 0 Å². The lowest BCUT2D eigenvalue weighted by atomic mass is 10.1. The van der Waals surface area contributed by atoms with Gasteiger partial charge in [-0.05, 0) is 42.8 Å². The maximum Gasteiger partial charge on any atom is 0.196 e. The van der Waals surface area contributed by atoms with Crippen molar-refractivity contribution in [3.63, 3.8) is 0 Å². The lowest BCUT2D eigenvalue weighted by molar-refractivity contribution is 0.340. The van der Waals surface area contributed by atoms with Crippen molar-refractivity contribution in [2.75, 3.05) is 12.4 Å². The molecule has 2 heterocycles. The number of thioether (sulfide) groups is 1. The van der Waals surface area contributed by atoms with Crippen LogP contribution in [0.15, 0.2) is 96.3 Å². The van der Waals surface area contributed by atoms with Gasteiger partial charge in [0.25, 0.3) is 0 Å². The Morgan fingerprint density at radius 1 is 0.939 bits per heavy atom. The van der Waals surface area contributed by atoms with E-state index in [2.05, 4.69) is 68.3 Å². The van der Waals surface area contributed by atoms with Crippen molar-refractivity contribution < 1.29 is 4.74 Å². The minimum atomic E-state index is 0.640. The summed E-state index contributed by atoms with van der Waals surface area (Å²) in [4.78, 5) is 3.35. The third-order valence-corrected chi connectivity index (χ3v) is 6.17. The molecular weight excluding hydrogens is 428 g/mol. The number of aromatic amines is 1. The molecule has 0 bridgehead atoms. The Labute approximate surface area is 197 Å². The van der Waals surface area contributed by atoms with Crippen LogP contribution in [0.1, 0.15) is 12.5 Å². The topological polar surface area (TPSA) is 55.7 Å². The predicted molar refractivity (Wildman–Crippen MR) is 136 cm³/mol. The zero-order valence-electron chi connectivity index (χ0n) is 18.3. The minimum Gasteiger partial charge on any atom is -0.494 e. The molecule has 0 aliphatic rings. The van der Waals surface area contributed by atoms with Crippen LogP contribution < -0.4 is 4.74 Å². The van der Waals surface area contributed by atoms with Crippen molar-refractivity contribution >= 4 is 28.7 Å². The van der Waals surface area contributed by atoms with Gasteiger partial charge in [-0.25, -0.2) is 0 Å². The molecule has 0 saturated carbocycles. The first kappa shape index (κ1) is 21.1. The molecular formula is C27H24N4OS. The average Bonchev–Trinajstić information content (AvgIpc) is 3.47. The molecule has 3 aromatic carbocycles. The highest BCUT2D eigenvalue weighted by molar-refractivity contribution is 7.99. The number of H-pyrrole nitrogens is 1. The molecule has 33 heavy (non-hydrogen) atoms. The summed E-state index contributed by atoms with van der Waals surface area (Å²) in [5.74, 6) is 2.45. The van der Waals surface area contributed by atoms with E-state index < -0.39 is 0 Å². The van der Waals surface area contributed by atoms with Gasteiger partial charge >= 0.3 is 0 Å². The van der Waals surface area contributed by atoms with E-state index in [1.165, 1.54) is 5.56 Å². The third-order valence-electron chi connectivity index (χ3n) is 5.29. The Kier molecular flexibility index (Phi) is 6.26. The zero-order valence-corrected chi connectivity index (χ0v) is 19.1. The van der Waals surface area contributed by atoms with Gasteiger partial charge in [0.05, 0.1) is 6.61 Å². The molecule has 164 valence electrons. The fourth-order valence-corrected chi connectivity index (χ4v) is 4.52. The number of benzene rings is 3. The normalized spacial score (nSPS) is 11.4. The van der Waals surface area contributed by atoms with Gasteiger partial charge in [-0.1, -0.05) is 72.4 Å². The molecule has 0 fully saturated rings. The largest absolute Gasteiger partial charge is 0.494 e. The summed E-state index contributed by atoms with van der Waals surface area (Å²) >= 11 is 1.66. The highest BCUT2D eigenvalue weighted by Gasteiger charge is 2.18. The second kappa shape index (κ2) is 9.79.